The molecule has 4 rings (SSSR count). The number of nitrogens with zero attached hydrogens (tertiary/aromatic N) is 2. The smallest absolute Gasteiger partial charge is 0.247 e. The number of piperidine rings is 1. The second kappa shape index (κ2) is 8.93. The van der Waals surface area contributed by atoms with Gasteiger partial charge in [-0.05, 0) is 80.7 Å². The van der Waals surface area contributed by atoms with Crippen molar-refractivity contribution in [3.63, 3.8) is 0 Å². The highest BCUT2D eigenvalue weighted by Crippen LogP contribution is 2.26. The zero-order valence-corrected chi connectivity index (χ0v) is 18.9. The summed E-state index contributed by atoms with van der Waals surface area (Å²) in [6.45, 7) is 6.29. The van der Waals surface area contributed by atoms with E-state index in [0.717, 1.165) is 35.4 Å². The Morgan fingerprint density at radius 2 is 1.87 bits per heavy atom. The van der Waals surface area contributed by atoms with Gasteiger partial charge in [-0.15, -0.1) is 0 Å². The van der Waals surface area contributed by atoms with Crippen LogP contribution in [0.2, 0.25) is 0 Å². The summed E-state index contributed by atoms with van der Waals surface area (Å²) in [5, 5.41) is 2.61. The van der Waals surface area contributed by atoms with E-state index >= 15 is 0 Å². The zero-order chi connectivity index (χ0) is 22.0. The fourth-order valence-electron chi connectivity index (χ4n) is 4.30. The highest BCUT2D eigenvalue weighted by atomic mass is 32.2. The first kappa shape index (κ1) is 21.7. The van der Waals surface area contributed by atoms with Crippen LogP contribution >= 0.6 is 0 Å². The fraction of sp³-hybridized carbons (Fsp3) is 0.417. The summed E-state index contributed by atoms with van der Waals surface area (Å²) in [7, 11) is -3.33. The number of aromatic nitrogens is 1. The third-order valence-electron chi connectivity index (χ3n) is 6.30. The van der Waals surface area contributed by atoms with Crippen molar-refractivity contribution in [1.29, 1.82) is 0 Å². The summed E-state index contributed by atoms with van der Waals surface area (Å²) in [6, 6.07) is 9.29. The number of amides is 1. The molecular formula is C24H29N3O3S. The number of hydrogen-bond donors (Lipinski definition) is 1. The topological polar surface area (TPSA) is 79.4 Å². The lowest BCUT2D eigenvalue weighted by atomic mass is 10.1. The van der Waals surface area contributed by atoms with E-state index in [4.69, 9.17) is 0 Å². The van der Waals surface area contributed by atoms with E-state index in [9.17, 15) is 13.2 Å². The van der Waals surface area contributed by atoms with Crippen LogP contribution in [0.5, 0.6) is 0 Å². The number of carbonyl (C=O) groups excluding carboxylic acids is 1. The standard InChI is InChI=1S/C24H29N3O3S/c1-17(2)27-11-8-23(9-12-27)31(29,30)22-5-3-18(4-6-22)15-26-24(28)20-13-19-7-10-25-16-21(19)14-20/h3-7,10,14,16-17,23H,8-9,11-13,15H2,1-2H3,(H,26,28). The Balaban J connectivity index is 1.34. The van der Waals surface area contributed by atoms with Crippen molar-refractivity contribution >= 4 is 21.8 Å². The SMILES string of the molecule is CC(C)N1CCC(S(=O)(=O)c2ccc(CNC(=O)C3=Cc4cnccc4C3)cc2)CC1. The predicted octanol–water partition coefficient (Wildman–Crippen LogP) is 2.98. The molecule has 1 saturated heterocycles. The minimum absolute atomic E-state index is 0.107. The largest absolute Gasteiger partial charge is 0.348 e. The molecule has 0 spiro atoms. The molecule has 7 heteroatoms. The first-order valence-corrected chi connectivity index (χ1v) is 12.4. The van der Waals surface area contributed by atoms with Crippen LogP contribution in [-0.4, -0.2) is 48.6 Å². The Morgan fingerprint density at radius 1 is 1.16 bits per heavy atom. The molecule has 1 N–H and O–H groups in total. The number of likely N-dealkylation sites (tertiary alicyclic amines) is 1. The molecule has 6 nitrogen and oxygen atoms in total. The molecule has 1 fully saturated rings. The minimum atomic E-state index is -3.33. The van der Waals surface area contributed by atoms with Crippen molar-refractivity contribution in [2.24, 2.45) is 0 Å². The molecule has 0 radical (unpaired) electrons. The Hall–Kier alpha value is -2.51. The molecule has 1 aromatic heterocycles. The maximum atomic E-state index is 13.0. The van der Waals surface area contributed by atoms with Gasteiger partial charge in [0.1, 0.15) is 0 Å². The number of carbonyl (C=O) groups is 1. The summed E-state index contributed by atoms with van der Waals surface area (Å²) in [5.41, 5.74) is 3.69. The van der Waals surface area contributed by atoms with Crippen LogP contribution in [0.15, 0.2) is 53.2 Å². The van der Waals surface area contributed by atoms with Crippen LogP contribution in [-0.2, 0) is 27.6 Å². The third-order valence-corrected chi connectivity index (χ3v) is 8.58. The summed E-state index contributed by atoms with van der Waals surface area (Å²) in [6.07, 6.45) is 7.32. The van der Waals surface area contributed by atoms with Gasteiger partial charge in [0.25, 0.3) is 0 Å². The van der Waals surface area contributed by atoms with Gasteiger partial charge >= 0.3 is 0 Å². The zero-order valence-electron chi connectivity index (χ0n) is 18.0. The molecule has 2 aliphatic rings. The van der Waals surface area contributed by atoms with Crippen LogP contribution in [0.3, 0.4) is 0 Å². The average Bonchev–Trinajstić information content (AvgIpc) is 3.22. The van der Waals surface area contributed by atoms with Crippen LogP contribution in [0.1, 0.15) is 43.4 Å². The van der Waals surface area contributed by atoms with Crippen LogP contribution < -0.4 is 5.32 Å². The summed E-state index contributed by atoms with van der Waals surface area (Å²) in [4.78, 5) is 19.3. The van der Waals surface area contributed by atoms with Gasteiger partial charge in [-0.25, -0.2) is 8.42 Å². The van der Waals surface area contributed by atoms with Crippen molar-refractivity contribution < 1.29 is 13.2 Å². The maximum Gasteiger partial charge on any atom is 0.247 e. The van der Waals surface area contributed by atoms with Crippen molar-refractivity contribution in [2.45, 2.75) is 55.8 Å². The number of benzene rings is 1. The van der Waals surface area contributed by atoms with Crippen LogP contribution in [0.4, 0.5) is 0 Å². The number of hydrogen-bond acceptors (Lipinski definition) is 5. The molecule has 1 aliphatic carbocycles. The molecule has 0 bridgehead atoms. The van der Waals surface area contributed by atoms with Gasteiger partial charge in [-0.3, -0.25) is 9.78 Å². The van der Waals surface area contributed by atoms with E-state index in [1.165, 1.54) is 0 Å². The second-order valence-corrected chi connectivity index (χ2v) is 10.8. The van der Waals surface area contributed by atoms with E-state index in [1.807, 2.05) is 12.1 Å². The Bertz CT molecular complexity index is 1080. The molecular weight excluding hydrogens is 410 g/mol. The lowest BCUT2D eigenvalue weighted by molar-refractivity contribution is -0.117. The number of pyridine rings is 1. The summed E-state index contributed by atoms with van der Waals surface area (Å²) < 4.78 is 26.0. The molecule has 0 saturated carbocycles. The molecule has 1 amide bonds. The Morgan fingerprint density at radius 3 is 2.52 bits per heavy atom. The van der Waals surface area contributed by atoms with Gasteiger partial charge in [-0.1, -0.05) is 12.1 Å². The molecule has 1 aliphatic heterocycles. The third kappa shape index (κ3) is 4.72. The number of nitrogens with one attached hydrogen (secondary N) is 1. The van der Waals surface area contributed by atoms with Gasteiger partial charge in [0, 0.05) is 37.0 Å². The first-order valence-electron chi connectivity index (χ1n) is 10.8. The second-order valence-electron chi connectivity index (χ2n) is 8.62. The van der Waals surface area contributed by atoms with Crippen molar-refractivity contribution in [3.8, 4) is 0 Å². The number of rotatable bonds is 6. The minimum Gasteiger partial charge on any atom is -0.348 e. The van der Waals surface area contributed by atoms with Crippen molar-refractivity contribution in [1.82, 2.24) is 15.2 Å². The van der Waals surface area contributed by atoms with E-state index in [0.29, 0.717) is 36.7 Å². The molecule has 31 heavy (non-hydrogen) atoms. The monoisotopic (exact) mass is 439 g/mol. The Labute approximate surface area is 184 Å². The van der Waals surface area contributed by atoms with E-state index in [1.54, 1.807) is 36.7 Å². The Kier molecular flexibility index (Phi) is 6.25. The van der Waals surface area contributed by atoms with E-state index < -0.39 is 9.84 Å². The van der Waals surface area contributed by atoms with Crippen LogP contribution in [0, 0.1) is 0 Å². The predicted molar refractivity (Wildman–Crippen MR) is 121 cm³/mol. The van der Waals surface area contributed by atoms with E-state index in [2.05, 4.69) is 29.0 Å². The quantitative estimate of drug-likeness (QED) is 0.749. The van der Waals surface area contributed by atoms with Gasteiger partial charge in [0.05, 0.1) is 10.1 Å². The molecule has 0 unspecified atom stereocenters. The van der Waals surface area contributed by atoms with Gasteiger partial charge in [-0.2, -0.15) is 0 Å². The fourth-order valence-corrected chi connectivity index (χ4v) is 6.04. The molecule has 2 aromatic rings. The van der Waals surface area contributed by atoms with E-state index in [-0.39, 0.29) is 11.2 Å². The van der Waals surface area contributed by atoms with Gasteiger partial charge in [0.2, 0.25) is 5.91 Å². The van der Waals surface area contributed by atoms with Gasteiger partial charge in [0.15, 0.2) is 9.84 Å². The molecule has 164 valence electrons. The summed E-state index contributed by atoms with van der Waals surface area (Å²) in [5.74, 6) is -0.107. The van der Waals surface area contributed by atoms with Crippen molar-refractivity contribution in [2.75, 3.05) is 13.1 Å². The molecule has 0 atom stereocenters. The molecule has 2 heterocycles. The number of sulfone groups is 1. The first-order chi connectivity index (χ1) is 14.8. The highest BCUT2D eigenvalue weighted by molar-refractivity contribution is 7.92. The average molecular weight is 440 g/mol. The van der Waals surface area contributed by atoms with Crippen molar-refractivity contribution in [3.05, 3.63) is 65.0 Å². The lowest BCUT2D eigenvalue weighted by Gasteiger charge is -2.34. The normalized spacial score (nSPS) is 17.5. The van der Waals surface area contributed by atoms with Gasteiger partial charge < -0.3 is 10.2 Å². The summed E-state index contributed by atoms with van der Waals surface area (Å²) >= 11 is 0. The molecule has 1 aromatic carbocycles. The van der Waals surface area contributed by atoms with Crippen LogP contribution in [0.25, 0.3) is 6.08 Å². The number of fused-ring (bicyclic) bond motifs is 1. The lowest BCUT2D eigenvalue weighted by Crippen LogP contribution is -2.42. The maximum absolute atomic E-state index is 13.0. The highest BCUT2D eigenvalue weighted by Gasteiger charge is 2.31.